The highest BCUT2D eigenvalue weighted by atomic mass is 32.1. The van der Waals surface area contributed by atoms with Crippen LogP contribution in [0.2, 0.25) is 0 Å². The zero-order chi connectivity index (χ0) is 26.1. The number of thiazole rings is 1. The van der Waals surface area contributed by atoms with E-state index in [4.69, 9.17) is 9.47 Å². The number of aromatic hydroxyl groups is 1. The van der Waals surface area contributed by atoms with Crippen LogP contribution in [0.3, 0.4) is 0 Å². The maximum atomic E-state index is 13.6. The van der Waals surface area contributed by atoms with Gasteiger partial charge in [-0.2, -0.15) is 0 Å². The van der Waals surface area contributed by atoms with E-state index in [9.17, 15) is 24.8 Å². The lowest BCUT2D eigenvalue weighted by molar-refractivity contribution is -0.385. The summed E-state index contributed by atoms with van der Waals surface area (Å²) in [4.78, 5) is 42.1. The molecule has 0 radical (unpaired) electrons. The minimum absolute atomic E-state index is 0.116. The third-order valence-electron chi connectivity index (χ3n) is 5.55. The van der Waals surface area contributed by atoms with E-state index in [1.165, 1.54) is 36.0 Å². The van der Waals surface area contributed by atoms with Crippen LogP contribution in [0.25, 0.3) is 6.08 Å². The molecule has 1 unspecified atom stereocenters. The molecule has 36 heavy (non-hydrogen) atoms. The molecule has 0 fully saturated rings. The summed E-state index contributed by atoms with van der Waals surface area (Å²) >= 11 is 1.05. The van der Waals surface area contributed by atoms with E-state index >= 15 is 0 Å². The summed E-state index contributed by atoms with van der Waals surface area (Å²) in [6.07, 6.45) is 0.999. The Morgan fingerprint density at radius 2 is 1.94 bits per heavy atom. The third-order valence-corrected chi connectivity index (χ3v) is 6.53. The van der Waals surface area contributed by atoms with Crippen molar-refractivity contribution in [2.24, 2.45) is 4.99 Å². The van der Waals surface area contributed by atoms with E-state index in [0.29, 0.717) is 21.8 Å². The lowest BCUT2D eigenvalue weighted by Gasteiger charge is -2.25. The molecule has 11 heteroatoms. The number of aromatic nitrogens is 1. The van der Waals surface area contributed by atoms with Crippen molar-refractivity contribution in [3.8, 4) is 11.5 Å². The van der Waals surface area contributed by atoms with Crippen LogP contribution in [0, 0.1) is 10.1 Å². The molecule has 2 heterocycles. The van der Waals surface area contributed by atoms with E-state index in [0.717, 1.165) is 11.3 Å². The van der Waals surface area contributed by atoms with Gasteiger partial charge in [-0.25, -0.2) is 9.79 Å². The Bertz CT molecular complexity index is 1570. The van der Waals surface area contributed by atoms with Crippen molar-refractivity contribution < 1.29 is 24.3 Å². The largest absolute Gasteiger partial charge is 0.502 e. The molecule has 0 aliphatic carbocycles. The van der Waals surface area contributed by atoms with Crippen LogP contribution in [0.4, 0.5) is 5.69 Å². The predicted molar refractivity (Wildman–Crippen MR) is 133 cm³/mol. The Morgan fingerprint density at radius 1 is 1.25 bits per heavy atom. The molecular weight excluding hydrogens is 486 g/mol. The number of nitro benzene ring substituents is 1. The fourth-order valence-electron chi connectivity index (χ4n) is 3.92. The molecule has 1 N–H and O–H groups in total. The van der Waals surface area contributed by atoms with Crippen molar-refractivity contribution in [3.05, 3.63) is 94.7 Å². The first-order valence-electron chi connectivity index (χ1n) is 11.0. The van der Waals surface area contributed by atoms with Crippen molar-refractivity contribution in [2.45, 2.75) is 32.9 Å². The van der Waals surface area contributed by atoms with Gasteiger partial charge < -0.3 is 14.6 Å². The summed E-state index contributed by atoms with van der Waals surface area (Å²) in [7, 11) is 1.54. The van der Waals surface area contributed by atoms with Gasteiger partial charge in [0.15, 0.2) is 4.80 Å². The molecule has 1 aliphatic heterocycles. The number of hydrogen-bond acceptors (Lipinski definition) is 9. The molecule has 10 nitrogen and oxygen atoms in total. The van der Waals surface area contributed by atoms with Gasteiger partial charge in [0.05, 0.1) is 40.0 Å². The second kappa shape index (κ2) is 9.78. The summed E-state index contributed by atoms with van der Waals surface area (Å²) in [6, 6.07) is 10.2. The van der Waals surface area contributed by atoms with Crippen LogP contribution in [0.1, 0.15) is 37.9 Å². The quantitative estimate of drug-likeness (QED) is 0.307. The minimum atomic E-state index is -0.820. The van der Waals surface area contributed by atoms with Gasteiger partial charge in [0, 0.05) is 11.6 Å². The first-order valence-corrected chi connectivity index (χ1v) is 11.8. The number of allylic oxidation sites excluding steroid dienone is 1. The first kappa shape index (κ1) is 24.9. The van der Waals surface area contributed by atoms with Gasteiger partial charge in [-0.3, -0.25) is 19.5 Å². The van der Waals surface area contributed by atoms with Crippen molar-refractivity contribution in [2.75, 3.05) is 7.11 Å². The van der Waals surface area contributed by atoms with E-state index in [1.54, 1.807) is 45.0 Å². The number of nitro groups is 1. The zero-order valence-electron chi connectivity index (χ0n) is 19.9. The topological polar surface area (TPSA) is 133 Å². The summed E-state index contributed by atoms with van der Waals surface area (Å²) in [6.45, 7) is 5.14. The van der Waals surface area contributed by atoms with Crippen molar-refractivity contribution in [1.29, 1.82) is 0 Å². The molecule has 186 valence electrons. The van der Waals surface area contributed by atoms with Gasteiger partial charge in [0.2, 0.25) is 5.75 Å². The van der Waals surface area contributed by atoms with Crippen LogP contribution in [0.5, 0.6) is 11.5 Å². The Morgan fingerprint density at radius 3 is 2.56 bits per heavy atom. The molecule has 0 bridgehead atoms. The molecule has 0 saturated heterocycles. The Balaban J connectivity index is 1.95. The molecule has 1 atom stereocenters. The Labute approximate surface area is 209 Å². The maximum Gasteiger partial charge on any atom is 0.338 e. The lowest BCUT2D eigenvalue weighted by atomic mass is 9.96. The number of phenols is 1. The van der Waals surface area contributed by atoms with Gasteiger partial charge in [-0.15, -0.1) is 0 Å². The van der Waals surface area contributed by atoms with Crippen LogP contribution in [-0.2, 0) is 9.53 Å². The molecule has 1 aliphatic rings. The van der Waals surface area contributed by atoms with Crippen molar-refractivity contribution >= 4 is 29.1 Å². The number of carbonyl (C=O) groups is 1. The lowest BCUT2D eigenvalue weighted by Crippen LogP contribution is -2.40. The number of methoxy groups -OCH3 is 1. The van der Waals surface area contributed by atoms with Crippen LogP contribution < -0.4 is 19.6 Å². The second-order valence-corrected chi connectivity index (χ2v) is 9.29. The van der Waals surface area contributed by atoms with Gasteiger partial charge >= 0.3 is 11.7 Å². The van der Waals surface area contributed by atoms with Gasteiger partial charge in [-0.05, 0) is 44.5 Å². The number of para-hydroxylation sites is 1. The van der Waals surface area contributed by atoms with Crippen LogP contribution in [-0.4, -0.2) is 33.8 Å². The molecule has 0 spiro atoms. The highest BCUT2D eigenvalue weighted by Crippen LogP contribution is 2.32. The SMILES string of the molecule is COc1ccc(C2C(C(=O)OC(C)C)=C(C)N=c3s/c(=C\c4cccc([N+](=O)[O-])c4O)c(=O)n32)cc1. The van der Waals surface area contributed by atoms with Crippen molar-refractivity contribution in [3.63, 3.8) is 0 Å². The summed E-state index contributed by atoms with van der Waals surface area (Å²) < 4.78 is 12.3. The average Bonchev–Trinajstić information content (AvgIpc) is 3.13. The van der Waals surface area contributed by atoms with Crippen LogP contribution in [0.15, 0.2) is 63.5 Å². The smallest absolute Gasteiger partial charge is 0.338 e. The summed E-state index contributed by atoms with van der Waals surface area (Å²) in [5.41, 5.74) is 0.464. The molecule has 4 rings (SSSR count). The first-order chi connectivity index (χ1) is 17.1. The monoisotopic (exact) mass is 509 g/mol. The van der Waals surface area contributed by atoms with E-state index in [2.05, 4.69) is 4.99 Å². The number of nitrogens with zero attached hydrogens (tertiary/aromatic N) is 3. The second-order valence-electron chi connectivity index (χ2n) is 8.28. The summed E-state index contributed by atoms with van der Waals surface area (Å²) in [5.74, 6) is -0.519. The predicted octanol–water partition coefficient (Wildman–Crippen LogP) is 2.81. The molecule has 0 saturated carbocycles. The van der Waals surface area contributed by atoms with Gasteiger partial charge in [0.1, 0.15) is 5.75 Å². The Kier molecular flexibility index (Phi) is 6.75. The number of fused-ring (bicyclic) bond motifs is 1. The number of rotatable bonds is 6. The molecule has 2 aromatic carbocycles. The highest BCUT2D eigenvalue weighted by Gasteiger charge is 2.34. The third kappa shape index (κ3) is 4.52. The number of esters is 1. The number of hydrogen-bond donors (Lipinski definition) is 1. The van der Waals surface area contributed by atoms with Crippen molar-refractivity contribution in [1.82, 2.24) is 4.57 Å². The number of ether oxygens (including phenoxy) is 2. The van der Waals surface area contributed by atoms with E-state index in [1.807, 2.05) is 0 Å². The van der Waals surface area contributed by atoms with E-state index < -0.39 is 33.9 Å². The van der Waals surface area contributed by atoms with Gasteiger partial charge in [0.25, 0.3) is 5.56 Å². The number of benzene rings is 2. The standard InChI is InChI=1S/C25H23N3O7S/c1-13(2)35-24(31)20-14(3)26-25-27(21(20)15-8-10-17(34-4)11-9-15)23(30)19(36-25)12-16-6-5-7-18(22(16)29)28(32)33/h5-13,21,29H,1-4H3/b19-12-. The average molecular weight is 510 g/mol. The highest BCUT2D eigenvalue weighted by molar-refractivity contribution is 7.07. The van der Waals surface area contributed by atoms with E-state index in [-0.39, 0.29) is 21.8 Å². The Hall–Kier alpha value is -4.25. The maximum absolute atomic E-state index is 13.6. The van der Waals surface area contributed by atoms with Gasteiger partial charge in [-0.1, -0.05) is 35.6 Å². The molecule has 0 amide bonds. The molecule has 3 aromatic rings. The molecule has 1 aromatic heterocycles. The summed E-state index contributed by atoms with van der Waals surface area (Å²) in [5, 5.41) is 21.6. The fraction of sp³-hybridized carbons (Fsp3) is 0.240. The number of carbonyl (C=O) groups excluding carboxylic acids is 1. The zero-order valence-corrected chi connectivity index (χ0v) is 20.7. The normalized spacial score (nSPS) is 15.5. The fourth-order valence-corrected chi connectivity index (χ4v) is 4.95. The number of phenolic OH excluding ortho intramolecular Hbond substituents is 1. The molecular formula is C25H23N3O7S. The van der Waals surface area contributed by atoms with Crippen LogP contribution >= 0.6 is 11.3 Å². The minimum Gasteiger partial charge on any atom is -0.502 e.